The fourth-order valence-electron chi connectivity index (χ4n) is 3.65. The summed E-state index contributed by atoms with van der Waals surface area (Å²) < 4.78 is 23.6. The predicted octanol–water partition coefficient (Wildman–Crippen LogP) is 1.27. The van der Waals surface area contributed by atoms with Crippen molar-refractivity contribution >= 4 is 9.84 Å². The predicted molar refractivity (Wildman–Crippen MR) is 81.5 cm³/mol. The van der Waals surface area contributed by atoms with Crippen molar-refractivity contribution in [2.75, 3.05) is 31.1 Å². The zero-order valence-electron chi connectivity index (χ0n) is 12.8. The summed E-state index contributed by atoms with van der Waals surface area (Å²) in [5.74, 6) is 2.20. The maximum absolute atomic E-state index is 11.8. The molecular weight excluding hydrogens is 272 g/mol. The van der Waals surface area contributed by atoms with Gasteiger partial charge in [0.15, 0.2) is 9.84 Å². The quantitative estimate of drug-likeness (QED) is 0.803. The van der Waals surface area contributed by atoms with E-state index < -0.39 is 9.84 Å². The summed E-state index contributed by atoms with van der Waals surface area (Å²) in [5.41, 5.74) is 0.210. The minimum Gasteiger partial charge on any atom is -0.308 e. The van der Waals surface area contributed by atoms with Crippen LogP contribution < -0.4 is 5.32 Å². The second-order valence-corrected chi connectivity index (χ2v) is 9.66. The summed E-state index contributed by atoms with van der Waals surface area (Å²) in [4.78, 5) is 2.49. The number of hydrogen-bond acceptors (Lipinski definition) is 4. The molecule has 2 unspecified atom stereocenters. The molecule has 3 fully saturated rings. The lowest BCUT2D eigenvalue weighted by molar-refractivity contribution is 0.0695. The highest BCUT2D eigenvalue weighted by Gasteiger charge is 2.48. The minimum atomic E-state index is -2.85. The van der Waals surface area contributed by atoms with E-state index in [-0.39, 0.29) is 11.3 Å². The normalized spacial score (nSPS) is 36.2. The van der Waals surface area contributed by atoms with Crippen molar-refractivity contribution in [2.24, 2.45) is 11.8 Å². The standard InChI is InChI=1S/C15H28N2O2S/c1-3-20(18,19)9-8-17-11-15(2,13-6-7-13)16-10-14(17)12-4-5-12/h12-14,16H,3-11H2,1-2H3. The first kappa shape index (κ1) is 14.8. The molecule has 2 saturated carbocycles. The number of nitrogens with zero attached hydrogens (tertiary/aromatic N) is 1. The molecule has 4 nitrogen and oxygen atoms in total. The summed E-state index contributed by atoms with van der Waals surface area (Å²) >= 11 is 0. The molecule has 3 rings (SSSR count). The number of piperazine rings is 1. The van der Waals surface area contributed by atoms with E-state index in [0.29, 0.717) is 11.8 Å². The molecule has 2 atom stereocenters. The average Bonchev–Trinajstić information content (AvgIpc) is 3.29. The molecule has 0 aromatic rings. The Balaban J connectivity index is 1.65. The van der Waals surface area contributed by atoms with Crippen LogP contribution in [0.3, 0.4) is 0 Å². The van der Waals surface area contributed by atoms with E-state index in [9.17, 15) is 8.42 Å². The van der Waals surface area contributed by atoms with Crippen LogP contribution in [0, 0.1) is 11.8 Å². The Kier molecular flexibility index (Phi) is 3.89. The van der Waals surface area contributed by atoms with E-state index >= 15 is 0 Å². The molecule has 116 valence electrons. The van der Waals surface area contributed by atoms with Crippen molar-refractivity contribution in [2.45, 2.75) is 51.1 Å². The molecule has 1 N–H and O–H groups in total. The first-order chi connectivity index (χ1) is 9.43. The van der Waals surface area contributed by atoms with E-state index in [0.717, 1.165) is 31.5 Å². The van der Waals surface area contributed by atoms with Crippen molar-refractivity contribution in [3.05, 3.63) is 0 Å². The van der Waals surface area contributed by atoms with Gasteiger partial charge < -0.3 is 5.32 Å². The van der Waals surface area contributed by atoms with Crippen LogP contribution in [0.2, 0.25) is 0 Å². The zero-order valence-corrected chi connectivity index (χ0v) is 13.6. The van der Waals surface area contributed by atoms with Crippen molar-refractivity contribution in [1.82, 2.24) is 10.2 Å². The molecule has 0 radical (unpaired) electrons. The fraction of sp³-hybridized carbons (Fsp3) is 1.00. The second-order valence-electron chi connectivity index (χ2n) is 7.18. The monoisotopic (exact) mass is 300 g/mol. The molecule has 0 aromatic heterocycles. The molecule has 0 aromatic carbocycles. The molecule has 0 amide bonds. The van der Waals surface area contributed by atoms with Crippen LogP contribution in [0.5, 0.6) is 0 Å². The van der Waals surface area contributed by atoms with Crippen molar-refractivity contribution in [3.63, 3.8) is 0 Å². The number of rotatable bonds is 6. The smallest absolute Gasteiger partial charge is 0.151 e. The van der Waals surface area contributed by atoms with Gasteiger partial charge in [0.1, 0.15) is 0 Å². The molecule has 1 saturated heterocycles. The SMILES string of the molecule is CCS(=O)(=O)CCN1CC(C)(C2CC2)NCC1C1CC1. The van der Waals surface area contributed by atoms with E-state index in [2.05, 4.69) is 17.1 Å². The van der Waals surface area contributed by atoms with Gasteiger partial charge in [-0.15, -0.1) is 0 Å². The summed E-state index contributed by atoms with van der Waals surface area (Å²) in [6, 6.07) is 0.564. The van der Waals surface area contributed by atoms with Gasteiger partial charge in [-0.2, -0.15) is 0 Å². The largest absolute Gasteiger partial charge is 0.308 e. The summed E-state index contributed by atoms with van der Waals surface area (Å²) in [6.07, 6.45) is 5.31. The van der Waals surface area contributed by atoms with Gasteiger partial charge >= 0.3 is 0 Å². The van der Waals surface area contributed by atoms with E-state index in [1.807, 2.05) is 0 Å². The third-order valence-corrected chi connectivity index (χ3v) is 7.17. The maximum atomic E-state index is 11.8. The summed E-state index contributed by atoms with van der Waals surface area (Å²) in [6.45, 7) is 6.87. The van der Waals surface area contributed by atoms with Gasteiger partial charge in [-0.05, 0) is 44.4 Å². The molecular formula is C15H28N2O2S. The highest BCUT2D eigenvalue weighted by molar-refractivity contribution is 7.91. The average molecular weight is 300 g/mol. The molecule has 1 aliphatic heterocycles. The lowest BCUT2D eigenvalue weighted by Gasteiger charge is -2.47. The van der Waals surface area contributed by atoms with Gasteiger partial charge in [-0.3, -0.25) is 4.90 Å². The summed E-state index contributed by atoms with van der Waals surface area (Å²) in [7, 11) is -2.85. The summed E-state index contributed by atoms with van der Waals surface area (Å²) in [5, 5.41) is 3.78. The lowest BCUT2D eigenvalue weighted by Crippen LogP contribution is -2.65. The topological polar surface area (TPSA) is 49.4 Å². The van der Waals surface area contributed by atoms with Crippen LogP contribution in [0.4, 0.5) is 0 Å². The molecule has 20 heavy (non-hydrogen) atoms. The van der Waals surface area contributed by atoms with E-state index in [4.69, 9.17) is 0 Å². The number of hydrogen-bond donors (Lipinski definition) is 1. The van der Waals surface area contributed by atoms with Crippen LogP contribution in [0.15, 0.2) is 0 Å². The van der Waals surface area contributed by atoms with Crippen LogP contribution >= 0.6 is 0 Å². The van der Waals surface area contributed by atoms with Gasteiger partial charge in [0.05, 0.1) is 5.75 Å². The van der Waals surface area contributed by atoms with Crippen LogP contribution in [0.25, 0.3) is 0 Å². The number of sulfone groups is 1. The van der Waals surface area contributed by atoms with Crippen LogP contribution in [-0.2, 0) is 9.84 Å². The van der Waals surface area contributed by atoms with Gasteiger partial charge in [-0.25, -0.2) is 8.42 Å². The molecule has 5 heteroatoms. The second kappa shape index (κ2) is 5.25. The van der Waals surface area contributed by atoms with E-state index in [1.54, 1.807) is 6.92 Å². The van der Waals surface area contributed by atoms with Crippen molar-refractivity contribution < 1.29 is 8.42 Å². The minimum absolute atomic E-state index is 0.210. The third kappa shape index (κ3) is 3.20. The fourth-order valence-corrected chi connectivity index (χ4v) is 4.45. The van der Waals surface area contributed by atoms with Gasteiger partial charge in [0.25, 0.3) is 0 Å². The van der Waals surface area contributed by atoms with E-state index in [1.165, 1.54) is 25.7 Å². The van der Waals surface area contributed by atoms with Crippen LogP contribution in [-0.4, -0.2) is 56.0 Å². The highest BCUT2D eigenvalue weighted by atomic mass is 32.2. The Bertz CT molecular complexity index is 456. The highest BCUT2D eigenvalue weighted by Crippen LogP contribution is 2.44. The lowest BCUT2D eigenvalue weighted by atomic mass is 9.90. The first-order valence-corrected chi connectivity index (χ1v) is 9.95. The van der Waals surface area contributed by atoms with Crippen molar-refractivity contribution in [1.29, 1.82) is 0 Å². The van der Waals surface area contributed by atoms with Gasteiger partial charge in [0.2, 0.25) is 0 Å². The molecule has 2 aliphatic carbocycles. The molecule has 0 bridgehead atoms. The Hall–Kier alpha value is -0.130. The van der Waals surface area contributed by atoms with Crippen molar-refractivity contribution in [3.8, 4) is 0 Å². The van der Waals surface area contributed by atoms with Gasteiger partial charge in [0, 0.05) is 37.0 Å². The molecule has 0 spiro atoms. The Morgan fingerprint density at radius 1 is 1.25 bits per heavy atom. The number of nitrogens with one attached hydrogen (secondary N) is 1. The molecule has 1 heterocycles. The van der Waals surface area contributed by atoms with Gasteiger partial charge in [-0.1, -0.05) is 6.92 Å². The Morgan fingerprint density at radius 3 is 2.50 bits per heavy atom. The zero-order chi connectivity index (χ0) is 14.4. The Morgan fingerprint density at radius 2 is 1.95 bits per heavy atom. The third-order valence-electron chi connectivity index (χ3n) is 5.49. The first-order valence-electron chi connectivity index (χ1n) is 8.13. The molecule has 3 aliphatic rings. The Labute approximate surface area is 123 Å². The van der Waals surface area contributed by atoms with Crippen LogP contribution in [0.1, 0.15) is 39.5 Å². The maximum Gasteiger partial charge on any atom is 0.151 e.